The van der Waals surface area contributed by atoms with Gasteiger partial charge in [-0.3, -0.25) is 10.2 Å². The van der Waals surface area contributed by atoms with E-state index in [4.69, 9.17) is 18.0 Å². The number of nitrogens with one attached hydrogen (secondary N) is 1. The van der Waals surface area contributed by atoms with Gasteiger partial charge in [0.05, 0.1) is 5.75 Å². The SMILES string of the molecule is NC(=S)N(NC(=O)CSc1nc2cccnc2s1)c1ccccc1F. The zero-order chi connectivity index (χ0) is 17.8. The third kappa shape index (κ3) is 4.21. The normalized spacial score (nSPS) is 10.6. The van der Waals surface area contributed by atoms with Gasteiger partial charge in [-0.25, -0.2) is 19.4 Å². The highest BCUT2D eigenvalue weighted by Crippen LogP contribution is 2.27. The molecule has 1 amide bonds. The Morgan fingerprint density at radius 3 is 2.88 bits per heavy atom. The maximum atomic E-state index is 13.9. The lowest BCUT2D eigenvalue weighted by Gasteiger charge is -2.23. The number of pyridine rings is 1. The number of carbonyl (C=O) groups excluding carboxylic acids is 1. The van der Waals surface area contributed by atoms with Gasteiger partial charge in [0, 0.05) is 6.20 Å². The molecule has 3 rings (SSSR count). The number of nitrogens with two attached hydrogens (primary N) is 1. The molecule has 3 aromatic rings. The number of amides is 1. The smallest absolute Gasteiger partial charge is 0.249 e. The average molecular weight is 393 g/mol. The molecule has 25 heavy (non-hydrogen) atoms. The molecule has 1 aromatic carbocycles. The molecule has 0 unspecified atom stereocenters. The van der Waals surface area contributed by atoms with E-state index < -0.39 is 5.82 Å². The first-order chi connectivity index (χ1) is 12.0. The van der Waals surface area contributed by atoms with Crippen LogP contribution in [0.5, 0.6) is 0 Å². The first-order valence-electron chi connectivity index (χ1n) is 7.02. The van der Waals surface area contributed by atoms with Crippen LogP contribution in [-0.4, -0.2) is 26.7 Å². The highest BCUT2D eigenvalue weighted by atomic mass is 32.2. The van der Waals surface area contributed by atoms with Crippen molar-refractivity contribution in [3.63, 3.8) is 0 Å². The Hall–Kier alpha value is -2.30. The van der Waals surface area contributed by atoms with Crippen molar-refractivity contribution in [3.05, 3.63) is 48.4 Å². The fourth-order valence-electron chi connectivity index (χ4n) is 1.96. The number of benzene rings is 1. The monoisotopic (exact) mass is 393 g/mol. The number of carbonyl (C=O) groups is 1. The zero-order valence-electron chi connectivity index (χ0n) is 12.7. The molecule has 2 aromatic heterocycles. The molecule has 0 saturated carbocycles. The Balaban J connectivity index is 1.66. The highest BCUT2D eigenvalue weighted by Gasteiger charge is 2.17. The van der Waals surface area contributed by atoms with Crippen molar-refractivity contribution in [1.82, 2.24) is 15.4 Å². The number of para-hydroxylation sites is 1. The van der Waals surface area contributed by atoms with Crippen molar-refractivity contribution in [3.8, 4) is 0 Å². The van der Waals surface area contributed by atoms with Crippen LogP contribution in [0.2, 0.25) is 0 Å². The predicted octanol–water partition coefficient (Wildman–Crippen LogP) is 2.70. The molecule has 0 aliphatic carbocycles. The van der Waals surface area contributed by atoms with Gasteiger partial charge < -0.3 is 5.73 Å². The lowest BCUT2D eigenvalue weighted by atomic mass is 10.3. The molecule has 10 heteroatoms. The summed E-state index contributed by atoms with van der Waals surface area (Å²) in [6, 6.07) is 9.55. The molecule has 128 valence electrons. The van der Waals surface area contributed by atoms with Gasteiger partial charge in [0.25, 0.3) is 0 Å². The topological polar surface area (TPSA) is 84.1 Å². The summed E-state index contributed by atoms with van der Waals surface area (Å²) in [5.41, 5.74) is 8.97. The number of hydrazine groups is 1. The van der Waals surface area contributed by atoms with E-state index in [1.807, 2.05) is 6.07 Å². The lowest BCUT2D eigenvalue weighted by Crippen LogP contribution is -2.50. The van der Waals surface area contributed by atoms with Crippen LogP contribution in [-0.2, 0) is 4.79 Å². The number of halogens is 1. The number of hydrogen-bond acceptors (Lipinski definition) is 6. The second-order valence-corrected chi connectivity index (χ2v) is 7.37. The van der Waals surface area contributed by atoms with Crippen LogP contribution in [0.1, 0.15) is 0 Å². The third-order valence-corrected chi connectivity index (χ3v) is 5.33. The lowest BCUT2D eigenvalue weighted by molar-refractivity contribution is -0.118. The van der Waals surface area contributed by atoms with Crippen molar-refractivity contribution in [2.75, 3.05) is 10.8 Å². The largest absolute Gasteiger partial charge is 0.374 e. The summed E-state index contributed by atoms with van der Waals surface area (Å²) in [5, 5.41) is 0.889. The molecule has 0 spiro atoms. The Bertz CT molecular complexity index is 899. The number of thiocarbonyl (C=S) groups is 1. The van der Waals surface area contributed by atoms with Crippen LogP contribution >= 0.6 is 35.3 Å². The zero-order valence-corrected chi connectivity index (χ0v) is 15.1. The van der Waals surface area contributed by atoms with Crippen LogP contribution in [0.15, 0.2) is 46.9 Å². The van der Waals surface area contributed by atoms with Gasteiger partial charge in [-0.1, -0.05) is 35.2 Å². The van der Waals surface area contributed by atoms with E-state index >= 15 is 0 Å². The molecule has 0 atom stereocenters. The molecule has 2 heterocycles. The quantitative estimate of drug-likeness (QED) is 0.400. The van der Waals surface area contributed by atoms with Gasteiger partial charge in [-0.05, 0) is 36.5 Å². The summed E-state index contributed by atoms with van der Waals surface area (Å²) < 4.78 is 14.6. The summed E-state index contributed by atoms with van der Waals surface area (Å²) in [6.07, 6.45) is 1.69. The molecule has 6 nitrogen and oxygen atoms in total. The Labute approximate surface area is 156 Å². The fourth-order valence-corrected chi connectivity index (χ4v) is 3.88. The molecule has 0 radical (unpaired) electrons. The van der Waals surface area contributed by atoms with Crippen molar-refractivity contribution in [1.29, 1.82) is 0 Å². The summed E-state index contributed by atoms with van der Waals surface area (Å²) in [4.78, 5) is 21.6. The number of anilines is 1. The molecule has 0 saturated heterocycles. The van der Waals surface area contributed by atoms with E-state index in [2.05, 4.69) is 15.4 Å². The summed E-state index contributed by atoms with van der Waals surface area (Å²) in [5.74, 6) is -0.846. The van der Waals surface area contributed by atoms with Gasteiger partial charge in [-0.15, -0.1) is 0 Å². The number of thiazole rings is 1. The van der Waals surface area contributed by atoms with Crippen molar-refractivity contribution >= 4 is 62.4 Å². The van der Waals surface area contributed by atoms with E-state index in [0.717, 1.165) is 19.7 Å². The molecule has 0 aliphatic heterocycles. The minimum Gasteiger partial charge on any atom is -0.374 e. The van der Waals surface area contributed by atoms with Gasteiger partial charge in [0.15, 0.2) is 9.45 Å². The summed E-state index contributed by atoms with van der Waals surface area (Å²) >= 11 is 7.55. The van der Waals surface area contributed by atoms with Crippen LogP contribution in [0.3, 0.4) is 0 Å². The van der Waals surface area contributed by atoms with Crippen LogP contribution in [0.25, 0.3) is 10.3 Å². The van der Waals surface area contributed by atoms with Crippen LogP contribution < -0.4 is 16.2 Å². The molecular weight excluding hydrogens is 381 g/mol. The van der Waals surface area contributed by atoms with Gasteiger partial charge in [0.1, 0.15) is 21.9 Å². The third-order valence-electron chi connectivity index (χ3n) is 3.02. The minimum atomic E-state index is -0.541. The molecular formula is C15H12FN5OS3. The van der Waals surface area contributed by atoms with Crippen LogP contribution in [0.4, 0.5) is 10.1 Å². The van der Waals surface area contributed by atoms with Crippen molar-refractivity contribution in [2.45, 2.75) is 4.34 Å². The number of aromatic nitrogens is 2. The van der Waals surface area contributed by atoms with Gasteiger partial charge in [0.2, 0.25) is 5.91 Å². The van der Waals surface area contributed by atoms with E-state index in [9.17, 15) is 9.18 Å². The van der Waals surface area contributed by atoms with Crippen LogP contribution in [0, 0.1) is 5.82 Å². The number of hydrogen-bond donors (Lipinski definition) is 2. The molecule has 0 bridgehead atoms. The number of fused-ring (bicyclic) bond motifs is 1. The maximum absolute atomic E-state index is 13.9. The van der Waals surface area contributed by atoms with E-state index in [1.54, 1.807) is 18.3 Å². The van der Waals surface area contributed by atoms with Crippen molar-refractivity contribution in [2.24, 2.45) is 5.73 Å². The Morgan fingerprint density at radius 2 is 2.16 bits per heavy atom. The van der Waals surface area contributed by atoms with E-state index in [-0.39, 0.29) is 22.5 Å². The second-order valence-electron chi connectivity index (χ2n) is 4.76. The second kappa shape index (κ2) is 7.72. The maximum Gasteiger partial charge on any atom is 0.249 e. The first-order valence-corrected chi connectivity index (χ1v) is 9.23. The van der Waals surface area contributed by atoms with Crippen molar-refractivity contribution < 1.29 is 9.18 Å². The number of rotatable bonds is 4. The Morgan fingerprint density at radius 1 is 1.36 bits per heavy atom. The molecule has 0 fully saturated rings. The molecule has 0 aliphatic rings. The van der Waals surface area contributed by atoms with E-state index in [1.165, 1.54) is 41.3 Å². The highest BCUT2D eigenvalue weighted by molar-refractivity contribution is 8.01. The number of thioether (sulfide) groups is 1. The van der Waals surface area contributed by atoms with Gasteiger partial charge >= 0.3 is 0 Å². The van der Waals surface area contributed by atoms with Gasteiger partial charge in [-0.2, -0.15) is 0 Å². The summed E-state index contributed by atoms with van der Waals surface area (Å²) in [7, 11) is 0. The van der Waals surface area contributed by atoms with E-state index in [0.29, 0.717) is 0 Å². The molecule has 3 N–H and O–H groups in total. The number of nitrogens with zero attached hydrogens (tertiary/aromatic N) is 3. The Kier molecular flexibility index (Phi) is 5.41. The fraction of sp³-hybridized carbons (Fsp3) is 0.0667. The minimum absolute atomic E-state index is 0.0768. The summed E-state index contributed by atoms with van der Waals surface area (Å²) in [6.45, 7) is 0. The predicted molar refractivity (Wildman–Crippen MR) is 102 cm³/mol. The standard InChI is InChI=1S/C15H12FN5OS3/c16-9-4-1-2-6-11(9)21(14(17)23)20-12(22)8-24-15-19-10-5-3-7-18-13(10)25-15/h1-7H,8H2,(H2,17,23)(H,20,22). The average Bonchev–Trinajstić information content (AvgIpc) is 3.01. The first kappa shape index (κ1) is 17.5.